The monoisotopic (exact) mass is 474 g/mol. The molecule has 33 heavy (non-hydrogen) atoms. The maximum atomic E-state index is 15.2. The first-order valence-corrected chi connectivity index (χ1v) is 12.3. The predicted octanol–water partition coefficient (Wildman–Crippen LogP) is 4.84. The zero-order valence-electron chi connectivity index (χ0n) is 19.6. The lowest BCUT2D eigenvalue weighted by atomic mass is 9.89. The standard InChI is InChI=1S/C25H40F2O6/c1-2-3-11-22(33-24-13-8-9-16-32-24)25(26,27)15-14-19-18(20(28)17-21(19)29)10-6-4-5-7-12-23(30)31/h4,6,14-15,18-22,24,28-29H,2-3,5,7-13,16-17H2,1H3,(H,30,31)/t18-,19-,20+,21-,22?,24?/m1/s1. The Bertz CT molecular complexity index is 632. The van der Waals surface area contributed by atoms with Crippen molar-refractivity contribution in [3.05, 3.63) is 24.3 Å². The van der Waals surface area contributed by atoms with Crippen LogP contribution in [0.3, 0.4) is 0 Å². The number of rotatable bonds is 14. The van der Waals surface area contributed by atoms with Crippen LogP contribution < -0.4 is 0 Å². The molecule has 1 heterocycles. The molecule has 0 aromatic carbocycles. The van der Waals surface area contributed by atoms with E-state index < -0.39 is 42.4 Å². The molecule has 1 aliphatic heterocycles. The summed E-state index contributed by atoms with van der Waals surface area (Å²) in [6.45, 7) is 2.46. The molecule has 0 aromatic rings. The molecule has 2 aliphatic rings. The fraction of sp³-hybridized carbons (Fsp3) is 0.800. The third-order valence-electron chi connectivity index (χ3n) is 6.50. The molecular weight excluding hydrogens is 434 g/mol. The van der Waals surface area contributed by atoms with Crippen LogP contribution in [0.5, 0.6) is 0 Å². The molecule has 2 fully saturated rings. The number of carboxylic acids is 1. The molecule has 3 N–H and O–H groups in total. The van der Waals surface area contributed by atoms with Crippen LogP contribution in [0.25, 0.3) is 0 Å². The van der Waals surface area contributed by atoms with Gasteiger partial charge in [-0.15, -0.1) is 0 Å². The van der Waals surface area contributed by atoms with Crippen LogP contribution in [0, 0.1) is 11.8 Å². The summed E-state index contributed by atoms with van der Waals surface area (Å²) in [6, 6.07) is 0. The average Bonchev–Trinajstić information content (AvgIpc) is 3.04. The number of alkyl halides is 2. The molecule has 0 spiro atoms. The average molecular weight is 475 g/mol. The van der Waals surface area contributed by atoms with E-state index in [1.54, 1.807) is 0 Å². The Hall–Kier alpha value is -1.35. The number of carbonyl (C=O) groups is 1. The van der Waals surface area contributed by atoms with Crippen molar-refractivity contribution in [2.45, 2.75) is 108 Å². The minimum absolute atomic E-state index is 0.0860. The third-order valence-corrected chi connectivity index (χ3v) is 6.50. The highest BCUT2D eigenvalue weighted by Gasteiger charge is 2.43. The van der Waals surface area contributed by atoms with Gasteiger partial charge in [0.25, 0.3) is 5.92 Å². The Morgan fingerprint density at radius 1 is 1.21 bits per heavy atom. The molecule has 2 rings (SSSR count). The predicted molar refractivity (Wildman–Crippen MR) is 121 cm³/mol. The fourth-order valence-corrected chi connectivity index (χ4v) is 4.54. The van der Waals surface area contributed by atoms with E-state index >= 15 is 8.78 Å². The summed E-state index contributed by atoms with van der Waals surface area (Å²) in [5, 5.41) is 29.4. The summed E-state index contributed by atoms with van der Waals surface area (Å²) in [5.41, 5.74) is 0. The summed E-state index contributed by atoms with van der Waals surface area (Å²) in [6.07, 6.45) is 8.05. The van der Waals surface area contributed by atoms with Crippen molar-refractivity contribution < 1.29 is 38.4 Å². The Kier molecular flexibility index (Phi) is 12.0. The molecule has 0 aromatic heterocycles. The third kappa shape index (κ3) is 9.43. The number of ether oxygens (including phenoxy) is 2. The van der Waals surface area contributed by atoms with Crippen LogP contribution in [-0.4, -0.2) is 58.4 Å². The van der Waals surface area contributed by atoms with Gasteiger partial charge in [0, 0.05) is 25.4 Å². The first-order chi connectivity index (χ1) is 15.7. The SMILES string of the molecule is CCCCC(OC1CCCCO1)C(F)(F)C=C[C@@H]1[C@@H](CC=CCCCC(=O)O)[C@@H](O)C[C@H]1O. The van der Waals surface area contributed by atoms with E-state index in [1.165, 1.54) is 6.08 Å². The molecule has 0 bridgehead atoms. The van der Waals surface area contributed by atoms with Crippen LogP contribution in [-0.2, 0) is 14.3 Å². The van der Waals surface area contributed by atoms with Crippen molar-refractivity contribution in [2.24, 2.45) is 11.8 Å². The largest absolute Gasteiger partial charge is 0.481 e. The Balaban J connectivity index is 2.00. The number of allylic oxidation sites excluding steroid dienone is 2. The number of hydrogen-bond acceptors (Lipinski definition) is 5. The maximum absolute atomic E-state index is 15.2. The molecule has 6 nitrogen and oxygen atoms in total. The van der Waals surface area contributed by atoms with Crippen molar-refractivity contribution in [3.8, 4) is 0 Å². The highest BCUT2D eigenvalue weighted by Crippen LogP contribution is 2.38. The lowest BCUT2D eigenvalue weighted by Crippen LogP contribution is -2.39. The first-order valence-electron chi connectivity index (χ1n) is 12.3. The van der Waals surface area contributed by atoms with Gasteiger partial charge in [-0.3, -0.25) is 4.79 Å². The van der Waals surface area contributed by atoms with Gasteiger partial charge >= 0.3 is 5.97 Å². The van der Waals surface area contributed by atoms with Gasteiger partial charge in [-0.25, -0.2) is 0 Å². The van der Waals surface area contributed by atoms with E-state index in [-0.39, 0.29) is 25.2 Å². The Morgan fingerprint density at radius 3 is 2.67 bits per heavy atom. The van der Waals surface area contributed by atoms with Gasteiger partial charge in [0.05, 0.1) is 12.2 Å². The van der Waals surface area contributed by atoms with Crippen molar-refractivity contribution in [1.29, 1.82) is 0 Å². The number of hydrogen-bond donors (Lipinski definition) is 3. The van der Waals surface area contributed by atoms with Crippen LogP contribution in [0.2, 0.25) is 0 Å². The van der Waals surface area contributed by atoms with Crippen LogP contribution in [0.15, 0.2) is 24.3 Å². The van der Waals surface area contributed by atoms with Gasteiger partial charge < -0.3 is 24.8 Å². The van der Waals surface area contributed by atoms with E-state index in [1.807, 2.05) is 19.1 Å². The summed E-state index contributed by atoms with van der Waals surface area (Å²) < 4.78 is 41.5. The summed E-state index contributed by atoms with van der Waals surface area (Å²) in [7, 11) is 0. The molecule has 6 atom stereocenters. The fourth-order valence-electron chi connectivity index (χ4n) is 4.54. The molecular formula is C25H40F2O6. The topological polar surface area (TPSA) is 96.2 Å². The minimum atomic E-state index is -3.22. The number of aliphatic carboxylic acids is 1. The van der Waals surface area contributed by atoms with Gasteiger partial charge in [-0.05, 0) is 56.9 Å². The minimum Gasteiger partial charge on any atom is -0.481 e. The number of aliphatic hydroxyl groups excluding tert-OH is 2. The lowest BCUT2D eigenvalue weighted by molar-refractivity contribution is -0.229. The maximum Gasteiger partial charge on any atom is 0.303 e. The molecule has 2 unspecified atom stereocenters. The summed E-state index contributed by atoms with van der Waals surface area (Å²) >= 11 is 0. The second kappa shape index (κ2) is 14.1. The normalized spacial score (nSPS) is 29.8. The van der Waals surface area contributed by atoms with Gasteiger partial charge in [-0.1, -0.05) is 38.0 Å². The first kappa shape index (κ1) is 27.9. The molecule has 8 heteroatoms. The van der Waals surface area contributed by atoms with E-state index in [4.69, 9.17) is 14.6 Å². The summed E-state index contributed by atoms with van der Waals surface area (Å²) in [5.74, 6) is -5.03. The Morgan fingerprint density at radius 2 is 2.00 bits per heavy atom. The molecule has 1 aliphatic carbocycles. The van der Waals surface area contributed by atoms with E-state index in [0.717, 1.165) is 25.3 Å². The zero-order chi connectivity index (χ0) is 24.3. The molecule has 1 saturated heterocycles. The smallest absolute Gasteiger partial charge is 0.303 e. The number of carboxylic acid groups (broad SMARTS) is 1. The highest BCUT2D eigenvalue weighted by molar-refractivity contribution is 5.66. The molecule has 190 valence electrons. The van der Waals surface area contributed by atoms with E-state index in [2.05, 4.69) is 0 Å². The number of halogens is 2. The van der Waals surface area contributed by atoms with Crippen LogP contribution >= 0.6 is 0 Å². The van der Waals surface area contributed by atoms with Gasteiger partial charge in [0.1, 0.15) is 6.10 Å². The number of unbranched alkanes of at least 4 members (excludes halogenated alkanes) is 2. The van der Waals surface area contributed by atoms with Crippen molar-refractivity contribution in [3.63, 3.8) is 0 Å². The van der Waals surface area contributed by atoms with Crippen molar-refractivity contribution in [1.82, 2.24) is 0 Å². The highest BCUT2D eigenvalue weighted by atomic mass is 19.3. The van der Waals surface area contributed by atoms with Gasteiger partial charge in [0.2, 0.25) is 0 Å². The van der Waals surface area contributed by atoms with Crippen LogP contribution in [0.4, 0.5) is 8.78 Å². The number of aliphatic hydroxyl groups is 2. The molecule has 0 radical (unpaired) electrons. The van der Waals surface area contributed by atoms with E-state index in [0.29, 0.717) is 38.7 Å². The molecule has 0 amide bonds. The van der Waals surface area contributed by atoms with Gasteiger partial charge in [-0.2, -0.15) is 8.78 Å². The van der Waals surface area contributed by atoms with Gasteiger partial charge in [0.15, 0.2) is 6.29 Å². The van der Waals surface area contributed by atoms with Crippen molar-refractivity contribution >= 4 is 5.97 Å². The Labute approximate surface area is 195 Å². The zero-order valence-corrected chi connectivity index (χ0v) is 19.6. The van der Waals surface area contributed by atoms with Crippen molar-refractivity contribution in [2.75, 3.05) is 6.61 Å². The quantitative estimate of drug-likeness (QED) is 0.246. The summed E-state index contributed by atoms with van der Waals surface area (Å²) in [4.78, 5) is 10.6. The second-order valence-corrected chi connectivity index (χ2v) is 9.20. The second-order valence-electron chi connectivity index (χ2n) is 9.20. The van der Waals surface area contributed by atoms with Crippen LogP contribution in [0.1, 0.15) is 77.6 Å². The molecule has 1 saturated carbocycles. The lowest BCUT2D eigenvalue weighted by Gasteiger charge is -2.31. The van der Waals surface area contributed by atoms with E-state index in [9.17, 15) is 15.0 Å².